The van der Waals surface area contributed by atoms with Crippen LogP contribution in [0.4, 0.5) is 5.69 Å². The summed E-state index contributed by atoms with van der Waals surface area (Å²) in [5.74, 6) is 0.148. The molecule has 0 aliphatic carbocycles. The Morgan fingerprint density at radius 3 is 2.57 bits per heavy atom. The molecule has 0 radical (unpaired) electrons. The Balaban J connectivity index is 1.82. The lowest BCUT2D eigenvalue weighted by atomic mass is 10.2. The van der Waals surface area contributed by atoms with Gasteiger partial charge in [0.05, 0.1) is 44.6 Å². The van der Waals surface area contributed by atoms with Crippen molar-refractivity contribution < 1.29 is 27.0 Å². The Labute approximate surface area is 173 Å². The fraction of sp³-hybridized carbons (Fsp3) is 0.316. The molecule has 11 heteroatoms. The first-order chi connectivity index (χ1) is 14.3. The third-order valence-corrected chi connectivity index (χ3v) is 5.64. The van der Waals surface area contributed by atoms with Gasteiger partial charge < -0.3 is 13.7 Å². The molecule has 1 aliphatic heterocycles. The number of nitro groups is 1. The number of nitrogens with zero attached hydrogens (tertiary/aromatic N) is 3. The van der Waals surface area contributed by atoms with E-state index in [4.69, 9.17) is 13.7 Å². The second kappa shape index (κ2) is 9.09. The molecule has 1 saturated heterocycles. The maximum atomic E-state index is 12.6. The average molecular weight is 435 g/mol. The molecule has 0 amide bonds. The Morgan fingerprint density at radius 2 is 1.90 bits per heavy atom. The lowest BCUT2D eigenvalue weighted by molar-refractivity contribution is -0.385. The van der Waals surface area contributed by atoms with E-state index in [9.17, 15) is 18.5 Å². The molecule has 10 nitrogen and oxygen atoms in total. The Bertz CT molecular complexity index is 1060. The lowest BCUT2D eigenvalue weighted by Gasteiger charge is -2.23. The molecular weight excluding hydrogens is 414 g/mol. The van der Waals surface area contributed by atoms with Gasteiger partial charge in [0, 0.05) is 11.6 Å². The minimum absolute atomic E-state index is 0.0377. The van der Waals surface area contributed by atoms with Crippen molar-refractivity contribution in [3.63, 3.8) is 0 Å². The van der Waals surface area contributed by atoms with Crippen LogP contribution in [0.5, 0.6) is 11.5 Å². The number of rotatable bonds is 7. The molecule has 2 aromatic carbocycles. The molecule has 0 atom stereocenters. The third-order valence-electron chi connectivity index (χ3n) is 4.41. The maximum absolute atomic E-state index is 12.6. The zero-order valence-corrected chi connectivity index (χ0v) is 17.3. The fourth-order valence-electron chi connectivity index (χ4n) is 2.76. The number of hydrogen-bond donors (Lipinski definition) is 0. The van der Waals surface area contributed by atoms with Crippen LogP contribution >= 0.6 is 0 Å². The van der Waals surface area contributed by atoms with Crippen LogP contribution in [0.2, 0.25) is 0 Å². The zero-order chi connectivity index (χ0) is 21.7. The molecule has 0 N–H and O–H groups in total. The number of benzene rings is 2. The molecule has 0 aromatic heterocycles. The van der Waals surface area contributed by atoms with Gasteiger partial charge in [-0.1, -0.05) is 6.07 Å². The first kappa shape index (κ1) is 21.5. The first-order valence-corrected chi connectivity index (χ1v) is 10.5. The molecule has 1 aliphatic rings. The second-order valence-electron chi connectivity index (χ2n) is 6.46. The van der Waals surface area contributed by atoms with Crippen molar-refractivity contribution in [2.45, 2.75) is 11.8 Å². The number of morpholine rings is 1. The van der Waals surface area contributed by atoms with Crippen molar-refractivity contribution in [1.29, 1.82) is 0 Å². The molecule has 1 heterocycles. The molecule has 30 heavy (non-hydrogen) atoms. The predicted molar refractivity (Wildman–Crippen MR) is 109 cm³/mol. The van der Waals surface area contributed by atoms with E-state index < -0.39 is 15.0 Å². The minimum atomic E-state index is -4.30. The minimum Gasteiger partial charge on any atom is -0.493 e. The van der Waals surface area contributed by atoms with Gasteiger partial charge in [0.25, 0.3) is 5.69 Å². The van der Waals surface area contributed by atoms with Crippen LogP contribution in [0.15, 0.2) is 46.4 Å². The highest BCUT2D eigenvalue weighted by atomic mass is 32.2. The van der Waals surface area contributed by atoms with E-state index in [2.05, 4.69) is 5.10 Å². The number of hydrogen-bond acceptors (Lipinski definition) is 9. The second-order valence-corrected chi connectivity index (χ2v) is 8.01. The number of hydrazone groups is 1. The topological polar surface area (TPSA) is 121 Å². The van der Waals surface area contributed by atoms with Crippen LogP contribution in [0.25, 0.3) is 0 Å². The zero-order valence-electron chi connectivity index (χ0n) is 16.5. The highest BCUT2D eigenvalue weighted by molar-refractivity contribution is 7.87. The predicted octanol–water partition coefficient (Wildman–Crippen LogP) is 2.35. The monoisotopic (exact) mass is 435 g/mol. The van der Waals surface area contributed by atoms with Crippen molar-refractivity contribution in [2.24, 2.45) is 5.10 Å². The van der Waals surface area contributed by atoms with Crippen LogP contribution in [-0.2, 0) is 14.9 Å². The molecule has 160 valence electrons. The number of methoxy groups -OCH3 is 1. The van der Waals surface area contributed by atoms with Crippen molar-refractivity contribution >= 4 is 22.0 Å². The Hall–Kier alpha value is -3.18. The molecule has 0 spiro atoms. The summed E-state index contributed by atoms with van der Waals surface area (Å²) in [4.78, 5) is 10.1. The van der Waals surface area contributed by atoms with Crippen LogP contribution in [0.1, 0.15) is 11.1 Å². The van der Waals surface area contributed by atoms with Crippen LogP contribution in [0, 0.1) is 17.0 Å². The summed E-state index contributed by atoms with van der Waals surface area (Å²) in [6.45, 7) is 4.13. The van der Waals surface area contributed by atoms with Gasteiger partial charge in [-0.2, -0.15) is 13.5 Å². The lowest BCUT2D eigenvalue weighted by Crippen LogP contribution is -2.32. The third kappa shape index (κ3) is 5.05. The molecule has 0 saturated carbocycles. The summed E-state index contributed by atoms with van der Waals surface area (Å²) in [5, 5.41) is 17.3. The maximum Gasteiger partial charge on any atom is 0.339 e. The van der Waals surface area contributed by atoms with E-state index in [0.717, 1.165) is 6.07 Å². The normalized spacial score (nSPS) is 14.7. The summed E-state index contributed by atoms with van der Waals surface area (Å²) in [7, 11) is -2.92. The highest BCUT2D eigenvalue weighted by Gasteiger charge is 2.23. The molecule has 3 rings (SSSR count). The van der Waals surface area contributed by atoms with E-state index in [1.807, 2.05) is 5.01 Å². The van der Waals surface area contributed by atoms with E-state index >= 15 is 0 Å². The molecule has 0 unspecified atom stereocenters. The number of nitro benzene ring substituents is 1. The van der Waals surface area contributed by atoms with Gasteiger partial charge in [0.2, 0.25) is 0 Å². The standard InChI is InChI=1S/C19H21N3O7S/c1-14-3-5-16(12-17(14)22(23)24)30(25,26)29-18-6-4-15(11-19(18)27-2)13-20-21-7-9-28-10-8-21/h3-6,11-13H,7-10H2,1-2H3/b20-13+. The van der Waals surface area contributed by atoms with Crippen molar-refractivity contribution in [1.82, 2.24) is 5.01 Å². The molecular formula is C19H21N3O7S. The summed E-state index contributed by atoms with van der Waals surface area (Å²) >= 11 is 0. The van der Waals surface area contributed by atoms with E-state index in [1.54, 1.807) is 18.3 Å². The van der Waals surface area contributed by atoms with Crippen LogP contribution in [0.3, 0.4) is 0 Å². The number of aryl methyl sites for hydroxylation is 1. The summed E-state index contributed by atoms with van der Waals surface area (Å²) in [5.41, 5.74) is 0.732. The summed E-state index contributed by atoms with van der Waals surface area (Å²) in [6, 6.07) is 8.26. The largest absolute Gasteiger partial charge is 0.493 e. The summed E-state index contributed by atoms with van der Waals surface area (Å²) in [6.07, 6.45) is 1.63. The highest BCUT2D eigenvalue weighted by Crippen LogP contribution is 2.31. The van der Waals surface area contributed by atoms with Crippen molar-refractivity contribution in [3.05, 3.63) is 57.6 Å². The summed E-state index contributed by atoms with van der Waals surface area (Å²) < 4.78 is 41.0. The molecule has 2 aromatic rings. The van der Waals surface area contributed by atoms with Crippen LogP contribution in [-0.4, -0.2) is 58.0 Å². The van der Waals surface area contributed by atoms with Crippen LogP contribution < -0.4 is 8.92 Å². The van der Waals surface area contributed by atoms with Gasteiger partial charge in [-0.25, -0.2) is 0 Å². The SMILES string of the molecule is COc1cc(/C=N/N2CCOCC2)ccc1OS(=O)(=O)c1ccc(C)c([N+](=O)[O-])c1. The van der Waals surface area contributed by atoms with Crippen molar-refractivity contribution in [3.8, 4) is 11.5 Å². The van der Waals surface area contributed by atoms with Gasteiger partial charge in [-0.3, -0.25) is 15.1 Å². The van der Waals surface area contributed by atoms with E-state index in [0.29, 0.717) is 37.4 Å². The first-order valence-electron chi connectivity index (χ1n) is 9.04. The van der Waals surface area contributed by atoms with E-state index in [-0.39, 0.29) is 22.1 Å². The van der Waals surface area contributed by atoms with Gasteiger partial charge in [0.1, 0.15) is 4.90 Å². The average Bonchev–Trinajstić information content (AvgIpc) is 2.73. The fourth-order valence-corrected chi connectivity index (χ4v) is 3.72. The van der Waals surface area contributed by atoms with Gasteiger partial charge in [-0.15, -0.1) is 0 Å². The van der Waals surface area contributed by atoms with Gasteiger partial charge in [0.15, 0.2) is 11.5 Å². The number of ether oxygens (including phenoxy) is 2. The Morgan fingerprint density at radius 1 is 1.17 bits per heavy atom. The Kier molecular flexibility index (Phi) is 6.53. The van der Waals surface area contributed by atoms with Gasteiger partial charge in [-0.05, 0) is 36.8 Å². The van der Waals surface area contributed by atoms with E-state index in [1.165, 1.54) is 32.2 Å². The smallest absolute Gasteiger partial charge is 0.339 e. The molecule has 0 bridgehead atoms. The van der Waals surface area contributed by atoms with Crippen molar-refractivity contribution in [2.75, 3.05) is 33.4 Å². The molecule has 1 fully saturated rings. The van der Waals surface area contributed by atoms with Gasteiger partial charge >= 0.3 is 10.1 Å². The quantitative estimate of drug-likeness (QED) is 0.281.